The Balaban J connectivity index is 2.08. The Morgan fingerprint density at radius 3 is 2.56 bits per heavy atom. The van der Waals surface area contributed by atoms with Crippen LogP contribution in [-0.4, -0.2) is 7.85 Å². The van der Waals surface area contributed by atoms with Gasteiger partial charge in [0.25, 0.3) is 0 Å². The van der Waals surface area contributed by atoms with Gasteiger partial charge in [-0.15, -0.1) is 0 Å². The smallest absolute Gasteiger partial charge is 0.126 e. The lowest BCUT2D eigenvalue weighted by Crippen LogP contribution is -2.09. The Bertz CT molecular complexity index is 471. The van der Waals surface area contributed by atoms with E-state index in [2.05, 4.69) is 0 Å². The molecule has 0 heterocycles. The lowest BCUT2D eigenvalue weighted by atomic mass is 9.95. The number of hydrogen-bond acceptors (Lipinski definition) is 1. The maximum Gasteiger partial charge on any atom is 0.126 e. The number of benzene rings is 2. The zero-order chi connectivity index (χ0) is 11.4. The second kappa shape index (κ2) is 4.84. The lowest BCUT2D eigenvalue weighted by Gasteiger charge is -2.09. The minimum absolute atomic E-state index is 0.350. The fraction of sp³-hybridized carbons (Fsp3) is 0.0769. The molecule has 0 N–H and O–H groups in total. The highest BCUT2D eigenvalue weighted by Crippen LogP contribution is 2.11. The van der Waals surface area contributed by atoms with Crippen LogP contribution >= 0.6 is 0 Å². The van der Waals surface area contributed by atoms with Gasteiger partial charge in [-0.2, -0.15) is 0 Å². The summed E-state index contributed by atoms with van der Waals surface area (Å²) in [6.07, 6.45) is 0. The quantitative estimate of drug-likeness (QED) is 0.708. The Morgan fingerprint density at radius 2 is 1.81 bits per heavy atom. The Kier molecular flexibility index (Phi) is 3.25. The maximum atomic E-state index is 12.9. The second-order valence-electron chi connectivity index (χ2n) is 3.46. The standard InChI is InChI=1S/C13H10BFO/c14-12-7-6-11(15)8-13(12)16-9-10-4-2-1-3-5-10/h1-8H,9H2. The van der Waals surface area contributed by atoms with E-state index in [4.69, 9.17) is 12.6 Å². The van der Waals surface area contributed by atoms with Gasteiger partial charge in [0.15, 0.2) is 0 Å². The molecule has 2 rings (SSSR count). The third kappa shape index (κ3) is 2.63. The molecule has 0 bridgehead atoms. The Morgan fingerprint density at radius 1 is 1.06 bits per heavy atom. The van der Waals surface area contributed by atoms with E-state index in [-0.39, 0.29) is 5.82 Å². The molecule has 78 valence electrons. The first-order valence-electron chi connectivity index (χ1n) is 4.97. The third-order valence-electron chi connectivity index (χ3n) is 2.21. The molecule has 16 heavy (non-hydrogen) atoms. The molecule has 0 spiro atoms. The van der Waals surface area contributed by atoms with Gasteiger partial charge in [-0.25, -0.2) is 4.39 Å². The van der Waals surface area contributed by atoms with Crippen LogP contribution in [0.1, 0.15) is 5.56 Å². The topological polar surface area (TPSA) is 9.23 Å². The van der Waals surface area contributed by atoms with Gasteiger partial charge in [-0.05, 0) is 11.6 Å². The average molecular weight is 212 g/mol. The van der Waals surface area contributed by atoms with Crippen LogP contribution in [0.3, 0.4) is 0 Å². The monoisotopic (exact) mass is 212 g/mol. The molecule has 0 aromatic heterocycles. The van der Waals surface area contributed by atoms with Gasteiger partial charge in [-0.3, -0.25) is 0 Å². The molecule has 2 aromatic carbocycles. The maximum absolute atomic E-state index is 12.9. The van der Waals surface area contributed by atoms with E-state index in [0.29, 0.717) is 17.8 Å². The Labute approximate surface area is 95.3 Å². The largest absolute Gasteiger partial charge is 0.489 e. The normalized spacial score (nSPS) is 10.1. The molecule has 2 aromatic rings. The molecule has 0 saturated carbocycles. The number of rotatable bonds is 3. The summed E-state index contributed by atoms with van der Waals surface area (Å²) >= 11 is 0. The molecular formula is C13H10BFO. The molecule has 2 radical (unpaired) electrons. The SMILES string of the molecule is [B]c1ccc(F)cc1OCc1ccccc1. The average Bonchev–Trinajstić information content (AvgIpc) is 2.32. The summed E-state index contributed by atoms with van der Waals surface area (Å²) in [4.78, 5) is 0. The summed E-state index contributed by atoms with van der Waals surface area (Å²) in [5, 5.41) is 0. The zero-order valence-electron chi connectivity index (χ0n) is 8.69. The van der Waals surface area contributed by atoms with Crippen molar-refractivity contribution in [3.8, 4) is 5.75 Å². The van der Waals surface area contributed by atoms with Gasteiger partial charge in [0.2, 0.25) is 0 Å². The highest BCUT2D eigenvalue weighted by atomic mass is 19.1. The molecule has 0 saturated heterocycles. The van der Waals surface area contributed by atoms with Crippen LogP contribution in [0.15, 0.2) is 48.5 Å². The first kappa shape index (κ1) is 10.7. The van der Waals surface area contributed by atoms with Gasteiger partial charge in [0, 0.05) is 6.07 Å². The molecular weight excluding hydrogens is 202 g/mol. The predicted molar refractivity (Wildman–Crippen MR) is 62.6 cm³/mol. The van der Waals surface area contributed by atoms with E-state index in [1.807, 2.05) is 30.3 Å². The summed E-state index contributed by atoms with van der Waals surface area (Å²) in [6, 6.07) is 13.8. The summed E-state index contributed by atoms with van der Waals surface area (Å²) in [5.74, 6) is 0.0288. The van der Waals surface area contributed by atoms with E-state index in [1.165, 1.54) is 18.2 Å². The van der Waals surface area contributed by atoms with Crippen molar-refractivity contribution < 1.29 is 9.13 Å². The molecule has 0 fully saturated rings. The molecule has 0 aliphatic carbocycles. The van der Waals surface area contributed by atoms with Crippen molar-refractivity contribution in [3.63, 3.8) is 0 Å². The fourth-order valence-electron chi connectivity index (χ4n) is 1.37. The molecule has 0 atom stereocenters. The second-order valence-corrected chi connectivity index (χ2v) is 3.46. The fourth-order valence-corrected chi connectivity index (χ4v) is 1.37. The van der Waals surface area contributed by atoms with Crippen molar-refractivity contribution >= 4 is 13.3 Å². The van der Waals surface area contributed by atoms with Crippen molar-refractivity contribution in [2.45, 2.75) is 6.61 Å². The molecule has 3 heteroatoms. The first-order chi connectivity index (χ1) is 7.75. The van der Waals surface area contributed by atoms with E-state index < -0.39 is 0 Å². The van der Waals surface area contributed by atoms with Crippen molar-refractivity contribution in [3.05, 3.63) is 59.9 Å². The van der Waals surface area contributed by atoms with Crippen LogP contribution < -0.4 is 10.2 Å². The molecule has 0 unspecified atom stereocenters. The van der Waals surface area contributed by atoms with Crippen molar-refractivity contribution in [2.75, 3.05) is 0 Å². The Hall–Kier alpha value is -1.77. The first-order valence-corrected chi connectivity index (χ1v) is 4.97. The van der Waals surface area contributed by atoms with Crippen LogP contribution in [0.4, 0.5) is 4.39 Å². The summed E-state index contributed by atoms with van der Waals surface area (Å²) in [7, 11) is 5.66. The highest BCUT2D eigenvalue weighted by Gasteiger charge is 2.01. The molecule has 1 nitrogen and oxygen atoms in total. The summed E-state index contributed by atoms with van der Waals surface area (Å²) < 4.78 is 18.4. The van der Waals surface area contributed by atoms with Gasteiger partial charge in [0.1, 0.15) is 26.0 Å². The number of halogens is 1. The van der Waals surface area contributed by atoms with E-state index >= 15 is 0 Å². The molecule has 0 amide bonds. The van der Waals surface area contributed by atoms with Crippen LogP contribution in [0.2, 0.25) is 0 Å². The molecule has 0 aliphatic heterocycles. The number of hydrogen-bond donors (Lipinski definition) is 0. The van der Waals surface area contributed by atoms with Crippen molar-refractivity contribution in [1.82, 2.24) is 0 Å². The van der Waals surface area contributed by atoms with E-state index in [1.54, 1.807) is 0 Å². The summed E-state index contributed by atoms with van der Waals surface area (Å²) in [6.45, 7) is 0.383. The lowest BCUT2D eigenvalue weighted by molar-refractivity contribution is 0.307. The van der Waals surface area contributed by atoms with Crippen LogP contribution in [-0.2, 0) is 6.61 Å². The van der Waals surface area contributed by atoms with E-state index in [0.717, 1.165) is 5.56 Å². The van der Waals surface area contributed by atoms with Crippen LogP contribution in [0.25, 0.3) is 0 Å². The van der Waals surface area contributed by atoms with E-state index in [9.17, 15) is 4.39 Å². The summed E-state index contributed by atoms with van der Waals surface area (Å²) in [5.41, 5.74) is 1.46. The minimum atomic E-state index is -0.350. The number of ether oxygens (including phenoxy) is 1. The highest BCUT2D eigenvalue weighted by molar-refractivity contribution is 6.34. The van der Waals surface area contributed by atoms with Crippen molar-refractivity contribution in [1.29, 1.82) is 0 Å². The van der Waals surface area contributed by atoms with Gasteiger partial charge >= 0.3 is 0 Å². The minimum Gasteiger partial charge on any atom is -0.489 e. The van der Waals surface area contributed by atoms with Crippen LogP contribution in [0.5, 0.6) is 5.75 Å². The van der Waals surface area contributed by atoms with Gasteiger partial charge in [-0.1, -0.05) is 41.9 Å². The van der Waals surface area contributed by atoms with Gasteiger partial charge in [0.05, 0.1) is 0 Å². The van der Waals surface area contributed by atoms with Crippen molar-refractivity contribution in [2.24, 2.45) is 0 Å². The van der Waals surface area contributed by atoms with Crippen LogP contribution in [0, 0.1) is 5.82 Å². The predicted octanol–water partition coefficient (Wildman–Crippen LogP) is 2.20. The third-order valence-corrected chi connectivity index (χ3v) is 2.21. The van der Waals surface area contributed by atoms with Gasteiger partial charge < -0.3 is 4.74 Å². The zero-order valence-corrected chi connectivity index (χ0v) is 8.69. The molecule has 0 aliphatic rings.